The molecule has 3 rings (SSSR count). The van der Waals surface area contributed by atoms with Crippen molar-refractivity contribution in [2.75, 3.05) is 13.3 Å². The Morgan fingerprint density at radius 1 is 0.968 bits per heavy atom. The molecule has 0 amide bonds. The van der Waals surface area contributed by atoms with Crippen LogP contribution in [0, 0.1) is 35.3 Å². The van der Waals surface area contributed by atoms with Gasteiger partial charge in [0.05, 0.1) is 19.2 Å². The summed E-state index contributed by atoms with van der Waals surface area (Å²) < 4.78 is 50.6. The van der Waals surface area contributed by atoms with Crippen LogP contribution in [0.3, 0.4) is 0 Å². The average Bonchev–Trinajstić information content (AvgIpc) is 2.79. The van der Waals surface area contributed by atoms with Gasteiger partial charge in [-0.05, 0) is 94.6 Å². The Bertz CT molecular complexity index is 749. The molecule has 6 heteroatoms. The molecule has 3 nitrogen and oxygen atoms in total. The SMILES string of the molecule is CCOc1ccc(OC(=O)C2CCC(C3CCC(/C=C/CCF)CC3)CC2)c(F)c1F. The van der Waals surface area contributed by atoms with Gasteiger partial charge >= 0.3 is 5.97 Å². The number of carbonyl (C=O) groups excluding carboxylic acids is 1. The van der Waals surface area contributed by atoms with Gasteiger partial charge < -0.3 is 9.47 Å². The second-order valence-corrected chi connectivity index (χ2v) is 8.74. The molecule has 0 saturated heterocycles. The Kier molecular flexibility index (Phi) is 8.85. The van der Waals surface area contributed by atoms with Gasteiger partial charge in [0.25, 0.3) is 0 Å². The third kappa shape index (κ3) is 6.27. The number of rotatable bonds is 8. The lowest BCUT2D eigenvalue weighted by Gasteiger charge is -2.36. The van der Waals surface area contributed by atoms with Crippen molar-refractivity contribution < 1.29 is 27.4 Å². The van der Waals surface area contributed by atoms with Crippen molar-refractivity contribution >= 4 is 5.97 Å². The molecule has 0 bridgehead atoms. The summed E-state index contributed by atoms with van der Waals surface area (Å²) in [5.41, 5.74) is 0. The molecule has 2 saturated carbocycles. The fourth-order valence-corrected chi connectivity index (χ4v) is 5.04. The molecule has 0 atom stereocenters. The van der Waals surface area contributed by atoms with E-state index < -0.39 is 17.6 Å². The standard InChI is InChI=1S/C25H33F3O3/c1-2-30-21-14-15-22(24(28)23(21)27)31-25(29)20-12-10-19(11-13-20)18-8-6-17(7-9-18)5-3-4-16-26/h3,5,14-15,17-20H,2,4,6-13,16H2,1H3/b5-3+. The average molecular weight is 439 g/mol. The molecule has 1 aromatic rings. The quantitative estimate of drug-likeness (QED) is 0.254. The molecule has 0 aliphatic heterocycles. The second kappa shape index (κ2) is 11.6. The summed E-state index contributed by atoms with van der Waals surface area (Å²) in [4.78, 5) is 12.5. The number of benzene rings is 1. The van der Waals surface area contributed by atoms with Gasteiger partial charge in [-0.3, -0.25) is 9.18 Å². The van der Waals surface area contributed by atoms with Crippen molar-refractivity contribution in [2.24, 2.45) is 23.7 Å². The molecule has 0 heterocycles. The van der Waals surface area contributed by atoms with E-state index in [1.807, 2.05) is 6.08 Å². The van der Waals surface area contributed by atoms with Gasteiger partial charge in [0.1, 0.15) is 0 Å². The van der Waals surface area contributed by atoms with Crippen LogP contribution in [0.1, 0.15) is 64.7 Å². The summed E-state index contributed by atoms with van der Waals surface area (Å²) in [5, 5.41) is 0. The highest BCUT2D eigenvalue weighted by Gasteiger charge is 2.33. The van der Waals surface area contributed by atoms with Crippen LogP contribution in [-0.2, 0) is 4.79 Å². The summed E-state index contributed by atoms with van der Waals surface area (Å²) in [6.07, 6.45) is 12.7. The van der Waals surface area contributed by atoms with E-state index >= 15 is 0 Å². The van der Waals surface area contributed by atoms with Crippen LogP contribution in [-0.4, -0.2) is 19.3 Å². The van der Waals surface area contributed by atoms with Crippen LogP contribution in [0.2, 0.25) is 0 Å². The Hall–Kier alpha value is -1.98. The first-order valence-corrected chi connectivity index (χ1v) is 11.6. The Labute approximate surface area is 183 Å². The highest BCUT2D eigenvalue weighted by Crippen LogP contribution is 2.42. The van der Waals surface area contributed by atoms with E-state index in [0.717, 1.165) is 38.5 Å². The zero-order valence-electron chi connectivity index (χ0n) is 18.3. The first-order chi connectivity index (χ1) is 15.0. The van der Waals surface area contributed by atoms with Crippen molar-refractivity contribution in [3.05, 3.63) is 35.9 Å². The number of halogens is 3. The van der Waals surface area contributed by atoms with E-state index in [2.05, 4.69) is 6.08 Å². The monoisotopic (exact) mass is 438 g/mol. The van der Waals surface area contributed by atoms with Gasteiger partial charge in [-0.1, -0.05) is 12.2 Å². The molecular weight excluding hydrogens is 405 g/mol. The summed E-state index contributed by atoms with van der Waals surface area (Å²) in [7, 11) is 0. The number of hydrogen-bond donors (Lipinski definition) is 0. The Morgan fingerprint density at radius 2 is 1.55 bits per heavy atom. The number of hydrogen-bond acceptors (Lipinski definition) is 3. The van der Waals surface area contributed by atoms with E-state index in [0.29, 0.717) is 24.2 Å². The van der Waals surface area contributed by atoms with Gasteiger partial charge in [0.2, 0.25) is 11.6 Å². The molecule has 2 fully saturated rings. The summed E-state index contributed by atoms with van der Waals surface area (Å²) >= 11 is 0. The van der Waals surface area contributed by atoms with Gasteiger partial charge in [-0.25, -0.2) is 0 Å². The molecule has 0 spiro atoms. The summed E-state index contributed by atoms with van der Waals surface area (Å²) in [6, 6.07) is 2.53. The predicted molar refractivity (Wildman–Crippen MR) is 114 cm³/mol. The normalized spacial score (nSPS) is 26.7. The maximum absolute atomic E-state index is 14.2. The van der Waals surface area contributed by atoms with Gasteiger partial charge in [-0.2, -0.15) is 8.78 Å². The van der Waals surface area contributed by atoms with Crippen LogP contribution < -0.4 is 9.47 Å². The molecule has 0 N–H and O–H groups in total. The lowest BCUT2D eigenvalue weighted by atomic mass is 9.69. The number of allylic oxidation sites excluding steroid dienone is 2. The number of alkyl halides is 1. The largest absolute Gasteiger partial charge is 0.491 e. The third-order valence-corrected chi connectivity index (χ3v) is 6.79. The fourth-order valence-electron chi connectivity index (χ4n) is 5.04. The van der Waals surface area contributed by atoms with E-state index in [1.54, 1.807) is 6.92 Å². The highest BCUT2D eigenvalue weighted by atomic mass is 19.2. The van der Waals surface area contributed by atoms with Crippen molar-refractivity contribution in [1.29, 1.82) is 0 Å². The smallest absolute Gasteiger partial charge is 0.314 e. The molecule has 2 aliphatic carbocycles. The molecule has 172 valence electrons. The van der Waals surface area contributed by atoms with Crippen molar-refractivity contribution in [3.8, 4) is 11.5 Å². The van der Waals surface area contributed by atoms with Gasteiger partial charge in [0, 0.05) is 0 Å². The minimum absolute atomic E-state index is 0.187. The number of esters is 1. The minimum Gasteiger partial charge on any atom is -0.491 e. The van der Waals surface area contributed by atoms with Crippen LogP contribution in [0.4, 0.5) is 13.2 Å². The van der Waals surface area contributed by atoms with E-state index in [-0.39, 0.29) is 30.7 Å². The molecule has 1 aromatic carbocycles. The first-order valence-electron chi connectivity index (χ1n) is 11.6. The van der Waals surface area contributed by atoms with Crippen molar-refractivity contribution in [3.63, 3.8) is 0 Å². The van der Waals surface area contributed by atoms with Crippen LogP contribution in [0.5, 0.6) is 11.5 Å². The summed E-state index contributed by atoms with van der Waals surface area (Å²) in [5.74, 6) is -1.79. The molecule has 0 aromatic heterocycles. The second-order valence-electron chi connectivity index (χ2n) is 8.74. The zero-order chi connectivity index (χ0) is 22.2. The maximum Gasteiger partial charge on any atom is 0.314 e. The van der Waals surface area contributed by atoms with Crippen molar-refractivity contribution in [1.82, 2.24) is 0 Å². The van der Waals surface area contributed by atoms with E-state index in [4.69, 9.17) is 9.47 Å². The van der Waals surface area contributed by atoms with Crippen molar-refractivity contribution in [2.45, 2.75) is 64.7 Å². The third-order valence-electron chi connectivity index (χ3n) is 6.79. The predicted octanol–water partition coefficient (Wildman–Crippen LogP) is 6.80. The zero-order valence-corrected chi connectivity index (χ0v) is 18.3. The lowest BCUT2D eigenvalue weighted by Crippen LogP contribution is -2.30. The molecule has 2 aliphatic rings. The highest BCUT2D eigenvalue weighted by molar-refractivity contribution is 5.75. The van der Waals surface area contributed by atoms with Crippen LogP contribution in [0.15, 0.2) is 24.3 Å². The number of carbonyl (C=O) groups is 1. The van der Waals surface area contributed by atoms with Crippen LogP contribution in [0.25, 0.3) is 0 Å². The molecule has 0 radical (unpaired) electrons. The molecular formula is C25H33F3O3. The maximum atomic E-state index is 14.2. The Morgan fingerprint density at radius 3 is 2.16 bits per heavy atom. The Balaban J connectivity index is 1.46. The van der Waals surface area contributed by atoms with E-state index in [1.165, 1.54) is 25.0 Å². The summed E-state index contributed by atoms with van der Waals surface area (Å²) in [6.45, 7) is 1.60. The van der Waals surface area contributed by atoms with E-state index in [9.17, 15) is 18.0 Å². The topological polar surface area (TPSA) is 35.5 Å². The van der Waals surface area contributed by atoms with Gasteiger partial charge in [0.15, 0.2) is 11.5 Å². The lowest BCUT2D eigenvalue weighted by molar-refractivity contribution is -0.140. The molecule has 31 heavy (non-hydrogen) atoms. The first kappa shape index (κ1) is 23.7. The number of ether oxygens (including phenoxy) is 2. The molecule has 0 unspecified atom stereocenters. The fraction of sp³-hybridized carbons (Fsp3) is 0.640. The van der Waals surface area contributed by atoms with Gasteiger partial charge in [-0.15, -0.1) is 0 Å². The minimum atomic E-state index is -1.19. The van der Waals surface area contributed by atoms with Crippen LogP contribution >= 0.6 is 0 Å².